The van der Waals surface area contributed by atoms with Gasteiger partial charge < -0.3 is 18.9 Å². The summed E-state index contributed by atoms with van der Waals surface area (Å²) in [5, 5.41) is 0. The predicted octanol–water partition coefficient (Wildman–Crippen LogP) is 3.51. The van der Waals surface area contributed by atoms with Gasteiger partial charge in [0.1, 0.15) is 21.7 Å². The van der Waals surface area contributed by atoms with Gasteiger partial charge in [-0.25, -0.2) is 4.79 Å². The summed E-state index contributed by atoms with van der Waals surface area (Å²) in [6.45, 7) is -0.369. The minimum Gasteiger partial charge on any atom is -0.497 e. The molecule has 0 radical (unpaired) electrons. The molecule has 0 heterocycles. The zero-order chi connectivity index (χ0) is 18.4. The lowest BCUT2D eigenvalue weighted by molar-refractivity contribution is 0.0474. The van der Waals surface area contributed by atoms with Crippen LogP contribution in [0.2, 0.25) is 0 Å². The number of hydrogen-bond acceptors (Lipinski definition) is 6. The minimum atomic E-state index is -0.647. The number of carbonyl (C=O) groups is 2. The van der Waals surface area contributed by atoms with Crippen LogP contribution in [0.5, 0.6) is 17.2 Å². The Kier molecular flexibility index (Phi) is 6.41. The molecule has 0 spiro atoms. The Morgan fingerprint density at radius 3 is 1.92 bits per heavy atom. The van der Waals surface area contributed by atoms with Gasteiger partial charge in [0.15, 0.2) is 12.4 Å². The van der Waals surface area contributed by atoms with E-state index in [2.05, 4.69) is 15.9 Å². The average Bonchev–Trinajstić information content (AvgIpc) is 2.66. The second-order valence-electron chi connectivity index (χ2n) is 4.92. The fraction of sp³-hybridized carbons (Fsp3) is 0.222. The first-order chi connectivity index (χ1) is 12.0. The van der Waals surface area contributed by atoms with Crippen molar-refractivity contribution in [1.29, 1.82) is 0 Å². The van der Waals surface area contributed by atoms with E-state index in [0.717, 1.165) is 0 Å². The van der Waals surface area contributed by atoms with E-state index in [1.165, 1.54) is 26.4 Å². The summed E-state index contributed by atoms with van der Waals surface area (Å²) in [7, 11) is 4.49. The van der Waals surface area contributed by atoms with Gasteiger partial charge in [0, 0.05) is 5.56 Å². The third kappa shape index (κ3) is 4.51. The fourth-order valence-corrected chi connectivity index (χ4v) is 2.61. The van der Waals surface area contributed by atoms with Crippen LogP contribution in [0.15, 0.2) is 40.9 Å². The number of hydrogen-bond donors (Lipinski definition) is 0. The summed E-state index contributed by atoms with van der Waals surface area (Å²) in [5.74, 6) is 0.529. The molecule has 2 aromatic rings. The van der Waals surface area contributed by atoms with Gasteiger partial charge in [-0.2, -0.15) is 0 Å². The first kappa shape index (κ1) is 18.8. The Balaban J connectivity index is 2.07. The Bertz CT molecular complexity index is 745. The lowest BCUT2D eigenvalue weighted by atomic mass is 10.1. The molecule has 0 bridgehead atoms. The lowest BCUT2D eigenvalue weighted by Crippen LogP contribution is -2.14. The zero-order valence-electron chi connectivity index (χ0n) is 14.0. The second kappa shape index (κ2) is 8.53. The van der Waals surface area contributed by atoms with Crippen molar-refractivity contribution >= 4 is 27.7 Å². The first-order valence-corrected chi connectivity index (χ1v) is 8.05. The van der Waals surface area contributed by atoms with Crippen molar-refractivity contribution in [1.82, 2.24) is 0 Å². The number of ketones is 1. The lowest BCUT2D eigenvalue weighted by Gasteiger charge is -2.11. The largest absolute Gasteiger partial charge is 0.497 e. The highest BCUT2D eigenvalue weighted by Crippen LogP contribution is 2.35. The zero-order valence-corrected chi connectivity index (χ0v) is 15.6. The molecular weight excluding hydrogens is 392 g/mol. The van der Waals surface area contributed by atoms with E-state index in [4.69, 9.17) is 18.9 Å². The van der Waals surface area contributed by atoms with Crippen LogP contribution in [0.4, 0.5) is 0 Å². The van der Waals surface area contributed by atoms with Crippen LogP contribution in [0.1, 0.15) is 20.7 Å². The maximum atomic E-state index is 12.2. The van der Waals surface area contributed by atoms with Crippen LogP contribution in [0.25, 0.3) is 0 Å². The second-order valence-corrected chi connectivity index (χ2v) is 5.72. The number of ether oxygens (including phenoxy) is 4. The predicted molar refractivity (Wildman–Crippen MR) is 94.9 cm³/mol. The van der Waals surface area contributed by atoms with Gasteiger partial charge in [0.05, 0.1) is 26.9 Å². The fourth-order valence-electron chi connectivity index (χ4n) is 2.06. The Labute approximate surface area is 153 Å². The maximum Gasteiger partial charge on any atom is 0.338 e. The number of esters is 1. The van der Waals surface area contributed by atoms with Crippen molar-refractivity contribution in [2.24, 2.45) is 0 Å². The van der Waals surface area contributed by atoms with Crippen molar-refractivity contribution in [3.05, 3.63) is 52.0 Å². The molecule has 0 N–H and O–H groups in total. The molecule has 0 aromatic heterocycles. The summed E-state index contributed by atoms with van der Waals surface area (Å²) in [6.07, 6.45) is 0. The topological polar surface area (TPSA) is 71.1 Å². The highest BCUT2D eigenvalue weighted by atomic mass is 79.9. The molecule has 6 nitrogen and oxygen atoms in total. The first-order valence-electron chi connectivity index (χ1n) is 7.26. The Morgan fingerprint density at radius 1 is 0.880 bits per heavy atom. The molecule has 0 aliphatic carbocycles. The standard InChI is InChI=1S/C18H17BrO6/c1-22-13-6-4-11(5-7-13)14(20)10-25-18(21)12-8-15(23-2)17(19)16(9-12)24-3/h4-9H,10H2,1-3H3. The van der Waals surface area contributed by atoms with Crippen molar-refractivity contribution in [2.45, 2.75) is 0 Å². The maximum absolute atomic E-state index is 12.2. The molecule has 25 heavy (non-hydrogen) atoms. The Hall–Kier alpha value is -2.54. The molecule has 0 aliphatic rings. The Morgan fingerprint density at radius 2 is 1.44 bits per heavy atom. The highest BCUT2D eigenvalue weighted by molar-refractivity contribution is 9.10. The summed E-state index contributed by atoms with van der Waals surface area (Å²) in [6, 6.07) is 9.57. The van der Waals surface area contributed by atoms with Gasteiger partial charge in [-0.15, -0.1) is 0 Å². The van der Waals surface area contributed by atoms with Gasteiger partial charge in [-0.3, -0.25) is 4.79 Å². The summed E-state index contributed by atoms with van der Waals surface area (Å²) in [5.41, 5.74) is 0.652. The van der Waals surface area contributed by atoms with Gasteiger partial charge in [0.25, 0.3) is 0 Å². The van der Waals surface area contributed by atoms with Crippen LogP contribution in [-0.2, 0) is 4.74 Å². The van der Waals surface area contributed by atoms with Gasteiger partial charge in [-0.1, -0.05) is 0 Å². The summed E-state index contributed by atoms with van der Waals surface area (Å²) >= 11 is 3.32. The quantitative estimate of drug-likeness (QED) is 0.515. The molecule has 0 atom stereocenters. The van der Waals surface area contributed by atoms with E-state index in [-0.39, 0.29) is 18.0 Å². The van der Waals surface area contributed by atoms with Crippen molar-refractivity contribution in [3.8, 4) is 17.2 Å². The van der Waals surface area contributed by atoms with Crippen molar-refractivity contribution < 1.29 is 28.5 Å². The molecule has 2 aromatic carbocycles. The minimum absolute atomic E-state index is 0.222. The van der Waals surface area contributed by atoms with E-state index in [1.54, 1.807) is 31.4 Å². The number of halogens is 1. The third-order valence-corrected chi connectivity index (χ3v) is 4.21. The molecule has 0 saturated carbocycles. The molecule has 0 fully saturated rings. The van der Waals surface area contributed by atoms with Crippen LogP contribution in [0, 0.1) is 0 Å². The number of benzene rings is 2. The van der Waals surface area contributed by atoms with Gasteiger partial charge in [-0.05, 0) is 52.3 Å². The third-order valence-electron chi connectivity index (χ3n) is 3.43. The van der Waals surface area contributed by atoms with E-state index in [1.807, 2.05) is 0 Å². The van der Waals surface area contributed by atoms with E-state index in [0.29, 0.717) is 27.3 Å². The number of methoxy groups -OCH3 is 3. The normalized spacial score (nSPS) is 10.1. The summed E-state index contributed by atoms with van der Waals surface area (Å²) in [4.78, 5) is 24.3. The SMILES string of the molecule is COc1ccc(C(=O)COC(=O)c2cc(OC)c(Br)c(OC)c2)cc1. The number of Topliss-reactive ketones (excluding diaryl/α,β-unsaturated/α-hetero) is 1. The molecule has 0 unspecified atom stereocenters. The molecule has 132 valence electrons. The van der Waals surface area contributed by atoms with Crippen LogP contribution >= 0.6 is 15.9 Å². The van der Waals surface area contributed by atoms with Gasteiger partial charge in [0.2, 0.25) is 0 Å². The molecule has 0 aliphatic heterocycles. The number of carbonyl (C=O) groups excluding carboxylic acids is 2. The summed E-state index contributed by atoms with van der Waals surface area (Å²) < 4.78 is 21.1. The van der Waals surface area contributed by atoms with Crippen LogP contribution < -0.4 is 14.2 Å². The van der Waals surface area contributed by atoms with Crippen molar-refractivity contribution in [3.63, 3.8) is 0 Å². The molecule has 0 saturated heterocycles. The molecular formula is C18H17BrO6. The highest BCUT2D eigenvalue weighted by Gasteiger charge is 2.17. The molecule has 7 heteroatoms. The van der Waals surface area contributed by atoms with Gasteiger partial charge >= 0.3 is 5.97 Å². The molecule has 2 rings (SSSR count). The van der Waals surface area contributed by atoms with E-state index < -0.39 is 5.97 Å². The average molecular weight is 409 g/mol. The van der Waals surface area contributed by atoms with E-state index >= 15 is 0 Å². The number of rotatable bonds is 7. The van der Waals surface area contributed by atoms with E-state index in [9.17, 15) is 9.59 Å². The monoisotopic (exact) mass is 408 g/mol. The molecule has 0 amide bonds. The van der Waals surface area contributed by atoms with Crippen molar-refractivity contribution in [2.75, 3.05) is 27.9 Å². The van der Waals surface area contributed by atoms with Crippen LogP contribution in [-0.4, -0.2) is 39.7 Å². The van der Waals surface area contributed by atoms with Crippen LogP contribution in [0.3, 0.4) is 0 Å². The smallest absolute Gasteiger partial charge is 0.338 e.